The predicted octanol–water partition coefficient (Wildman–Crippen LogP) is 4.46. The van der Waals surface area contributed by atoms with Crippen LogP contribution in [0.2, 0.25) is 0 Å². The predicted molar refractivity (Wildman–Crippen MR) is 110 cm³/mol. The van der Waals surface area contributed by atoms with Gasteiger partial charge in [-0.3, -0.25) is 0 Å². The minimum absolute atomic E-state index is 0.0980. The van der Waals surface area contributed by atoms with Crippen LogP contribution in [0.4, 0.5) is 0 Å². The zero-order valence-electron chi connectivity index (χ0n) is 15.9. The summed E-state index contributed by atoms with van der Waals surface area (Å²) in [4.78, 5) is 2.19. The van der Waals surface area contributed by atoms with Gasteiger partial charge in [-0.1, -0.05) is 60.7 Å². The summed E-state index contributed by atoms with van der Waals surface area (Å²) in [6.07, 6.45) is 0.0980. The van der Waals surface area contributed by atoms with Crippen LogP contribution in [0.5, 0.6) is 5.75 Å². The Labute approximate surface area is 156 Å². The second kappa shape index (κ2) is 8.84. The lowest BCUT2D eigenvalue weighted by molar-refractivity contribution is 0.213. The van der Waals surface area contributed by atoms with Crippen LogP contribution in [0.25, 0.3) is 10.8 Å². The van der Waals surface area contributed by atoms with Gasteiger partial charge in [0.1, 0.15) is 11.9 Å². The minimum Gasteiger partial charge on any atom is -0.489 e. The van der Waals surface area contributed by atoms with Crippen LogP contribution >= 0.6 is 0 Å². The Morgan fingerprint density at radius 2 is 1.65 bits per heavy atom. The van der Waals surface area contributed by atoms with Crippen LogP contribution in [-0.4, -0.2) is 31.6 Å². The van der Waals surface area contributed by atoms with Gasteiger partial charge in [0, 0.05) is 25.2 Å². The monoisotopic (exact) mass is 348 g/mol. The molecule has 3 rings (SSSR count). The summed E-state index contributed by atoms with van der Waals surface area (Å²) >= 11 is 0. The van der Waals surface area contributed by atoms with Gasteiger partial charge in [-0.2, -0.15) is 0 Å². The summed E-state index contributed by atoms with van der Waals surface area (Å²) in [7, 11) is 4.19. The quantitative estimate of drug-likeness (QED) is 0.650. The normalized spacial score (nSPS) is 12.5. The molecular weight excluding hydrogens is 320 g/mol. The lowest BCUT2D eigenvalue weighted by Gasteiger charge is -2.21. The van der Waals surface area contributed by atoms with E-state index in [0.29, 0.717) is 0 Å². The van der Waals surface area contributed by atoms with E-state index in [1.54, 1.807) is 0 Å². The average molecular weight is 348 g/mol. The van der Waals surface area contributed by atoms with E-state index >= 15 is 0 Å². The van der Waals surface area contributed by atoms with Crippen molar-refractivity contribution in [1.29, 1.82) is 0 Å². The van der Waals surface area contributed by atoms with E-state index < -0.39 is 0 Å². The molecule has 0 aliphatic rings. The van der Waals surface area contributed by atoms with Gasteiger partial charge >= 0.3 is 0 Å². The Balaban J connectivity index is 1.68. The van der Waals surface area contributed by atoms with Crippen molar-refractivity contribution >= 4 is 10.8 Å². The smallest absolute Gasteiger partial charge is 0.124 e. The fourth-order valence-corrected chi connectivity index (χ4v) is 3.18. The number of ether oxygens (including phenoxy) is 1. The van der Waals surface area contributed by atoms with Crippen LogP contribution in [0, 0.1) is 0 Å². The molecule has 0 saturated heterocycles. The number of fused-ring (bicyclic) bond motifs is 1. The Morgan fingerprint density at radius 3 is 2.42 bits per heavy atom. The molecule has 0 fully saturated rings. The Bertz CT molecular complexity index is 830. The van der Waals surface area contributed by atoms with Crippen molar-refractivity contribution in [3.05, 3.63) is 77.9 Å². The molecule has 3 aromatic rings. The molecule has 3 heteroatoms. The minimum atomic E-state index is 0.0980. The van der Waals surface area contributed by atoms with Crippen molar-refractivity contribution < 1.29 is 4.74 Å². The molecule has 0 aliphatic carbocycles. The molecule has 1 unspecified atom stereocenters. The van der Waals surface area contributed by atoms with Gasteiger partial charge in [0.25, 0.3) is 0 Å². The topological polar surface area (TPSA) is 24.5 Å². The van der Waals surface area contributed by atoms with Crippen LogP contribution in [0.15, 0.2) is 66.7 Å². The molecule has 26 heavy (non-hydrogen) atoms. The van der Waals surface area contributed by atoms with Crippen LogP contribution in [0.1, 0.15) is 18.1 Å². The van der Waals surface area contributed by atoms with Gasteiger partial charge in [0.05, 0.1) is 0 Å². The third kappa shape index (κ3) is 4.84. The van der Waals surface area contributed by atoms with Crippen molar-refractivity contribution in [1.82, 2.24) is 10.2 Å². The number of benzene rings is 3. The Kier molecular flexibility index (Phi) is 6.26. The molecule has 3 nitrogen and oxygen atoms in total. The summed E-state index contributed by atoms with van der Waals surface area (Å²) in [6, 6.07) is 23.2. The summed E-state index contributed by atoms with van der Waals surface area (Å²) in [5.41, 5.74) is 2.54. The third-order valence-electron chi connectivity index (χ3n) is 4.40. The third-order valence-corrected chi connectivity index (χ3v) is 4.40. The van der Waals surface area contributed by atoms with Crippen molar-refractivity contribution in [2.24, 2.45) is 0 Å². The molecule has 0 heterocycles. The number of nitrogens with zero attached hydrogens (tertiary/aromatic N) is 1. The molecule has 0 aromatic heterocycles. The number of rotatable bonds is 8. The average Bonchev–Trinajstić information content (AvgIpc) is 2.64. The molecule has 1 atom stereocenters. The van der Waals surface area contributed by atoms with Crippen LogP contribution < -0.4 is 10.1 Å². The first-order chi connectivity index (χ1) is 12.6. The molecule has 0 bridgehead atoms. The van der Waals surface area contributed by atoms with Gasteiger partial charge < -0.3 is 15.0 Å². The van der Waals surface area contributed by atoms with Gasteiger partial charge in [-0.25, -0.2) is 0 Å². The Morgan fingerprint density at radius 1 is 0.923 bits per heavy atom. The van der Waals surface area contributed by atoms with Gasteiger partial charge in [-0.15, -0.1) is 0 Å². The van der Waals surface area contributed by atoms with E-state index in [2.05, 4.69) is 91.9 Å². The summed E-state index contributed by atoms with van der Waals surface area (Å²) in [6.45, 7) is 4.65. The SMILES string of the molecule is CC(CNCc1ccccc1)Oc1ccc2ccccc2c1CN(C)C. The largest absolute Gasteiger partial charge is 0.489 e. The number of hydrogen-bond acceptors (Lipinski definition) is 3. The second-order valence-electron chi connectivity index (χ2n) is 7.05. The molecule has 136 valence electrons. The number of hydrogen-bond donors (Lipinski definition) is 1. The summed E-state index contributed by atoms with van der Waals surface area (Å²) in [5, 5.41) is 6.01. The highest BCUT2D eigenvalue weighted by atomic mass is 16.5. The van der Waals surface area contributed by atoms with Crippen molar-refractivity contribution in [3.63, 3.8) is 0 Å². The maximum absolute atomic E-state index is 6.30. The van der Waals surface area contributed by atoms with Crippen LogP contribution in [-0.2, 0) is 13.1 Å². The van der Waals surface area contributed by atoms with E-state index in [0.717, 1.165) is 25.4 Å². The first-order valence-corrected chi connectivity index (χ1v) is 9.20. The van der Waals surface area contributed by atoms with Gasteiger partial charge in [0.15, 0.2) is 0 Å². The lowest BCUT2D eigenvalue weighted by Crippen LogP contribution is -2.29. The zero-order valence-corrected chi connectivity index (χ0v) is 15.9. The van der Waals surface area contributed by atoms with Crippen LogP contribution in [0.3, 0.4) is 0 Å². The first-order valence-electron chi connectivity index (χ1n) is 9.20. The molecule has 1 N–H and O–H groups in total. The first kappa shape index (κ1) is 18.4. The van der Waals surface area contributed by atoms with E-state index in [1.165, 1.54) is 21.9 Å². The fraction of sp³-hybridized carbons (Fsp3) is 0.304. The highest BCUT2D eigenvalue weighted by Gasteiger charge is 2.12. The zero-order chi connectivity index (χ0) is 18.4. The molecule has 0 saturated carbocycles. The highest BCUT2D eigenvalue weighted by molar-refractivity contribution is 5.87. The van der Waals surface area contributed by atoms with E-state index in [1.807, 2.05) is 6.07 Å². The van der Waals surface area contributed by atoms with E-state index in [4.69, 9.17) is 4.74 Å². The molecular formula is C23H28N2O. The lowest BCUT2D eigenvalue weighted by atomic mass is 10.0. The second-order valence-corrected chi connectivity index (χ2v) is 7.05. The molecule has 0 aliphatic heterocycles. The molecule has 0 spiro atoms. The van der Waals surface area contributed by atoms with Crippen molar-refractivity contribution in [2.45, 2.75) is 26.1 Å². The number of nitrogens with one attached hydrogen (secondary N) is 1. The van der Waals surface area contributed by atoms with Crippen molar-refractivity contribution in [3.8, 4) is 5.75 Å². The van der Waals surface area contributed by atoms with Gasteiger partial charge in [-0.05, 0) is 43.4 Å². The molecule has 0 radical (unpaired) electrons. The standard InChI is InChI=1S/C23H28N2O/c1-18(15-24-16-19-9-5-4-6-10-19)26-23-14-13-20-11-7-8-12-21(20)22(23)17-25(2)3/h4-14,18,24H,15-17H2,1-3H3. The fourth-order valence-electron chi connectivity index (χ4n) is 3.18. The summed E-state index contributed by atoms with van der Waals surface area (Å²) in [5.74, 6) is 0.978. The summed E-state index contributed by atoms with van der Waals surface area (Å²) < 4.78 is 6.30. The molecule has 0 amide bonds. The van der Waals surface area contributed by atoms with Gasteiger partial charge in [0.2, 0.25) is 0 Å². The maximum atomic E-state index is 6.30. The Hall–Kier alpha value is -2.36. The van der Waals surface area contributed by atoms with Crippen molar-refractivity contribution in [2.75, 3.05) is 20.6 Å². The molecule has 3 aromatic carbocycles. The van der Waals surface area contributed by atoms with E-state index in [-0.39, 0.29) is 6.10 Å². The highest BCUT2D eigenvalue weighted by Crippen LogP contribution is 2.29. The van der Waals surface area contributed by atoms with E-state index in [9.17, 15) is 0 Å². The maximum Gasteiger partial charge on any atom is 0.124 e.